The molecular weight excluding hydrogens is 182 g/mol. The van der Waals surface area contributed by atoms with Crippen LogP contribution in [0.25, 0.3) is 0 Å². The molecule has 0 aromatic heterocycles. The molecule has 0 aliphatic heterocycles. The SMILES string of the molecule is Cc1cccc(NC[C@@H]2CC[C@@H]2C)c1C. The van der Waals surface area contributed by atoms with Gasteiger partial charge in [-0.25, -0.2) is 0 Å². The van der Waals surface area contributed by atoms with E-state index in [4.69, 9.17) is 0 Å². The third kappa shape index (κ3) is 2.17. The molecule has 82 valence electrons. The lowest BCUT2D eigenvalue weighted by Gasteiger charge is -2.34. The highest BCUT2D eigenvalue weighted by molar-refractivity contribution is 5.53. The summed E-state index contributed by atoms with van der Waals surface area (Å²) in [5.74, 6) is 1.81. The van der Waals surface area contributed by atoms with Crippen molar-refractivity contribution in [3.05, 3.63) is 29.3 Å². The molecule has 1 aromatic carbocycles. The highest BCUT2D eigenvalue weighted by Crippen LogP contribution is 2.33. The smallest absolute Gasteiger partial charge is 0.0372 e. The Labute approximate surface area is 92.9 Å². The summed E-state index contributed by atoms with van der Waals surface area (Å²) in [7, 11) is 0. The second-order valence-corrected chi connectivity index (χ2v) is 4.94. The molecule has 0 heterocycles. The molecule has 1 aliphatic rings. The first kappa shape index (κ1) is 10.5. The number of nitrogens with one attached hydrogen (secondary N) is 1. The molecule has 1 aliphatic carbocycles. The Morgan fingerprint density at radius 1 is 1.27 bits per heavy atom. The van der Waals surface area contributed by atoms with E-state index in [2.05, 4.69) is 44.3 Å². The minimum Gasteiger partial charge on any atom is -0.385 e. The number of benzene rings is 1. The van der Waals surface area contributed by atoms with Crippen LogP contribution in [0, 0.1) is 25.7 Å². The molecule has 1 aromatic rings. The lowest BCUT2D eigenvalue weighted by atomic mass is 9.75. The largest absolute Gasteiger partial charge is 0.385 e. The van der Waals surface area contributed by atoms with E-state index < -0.39 is 0 Å². The standard InChI is InChI=1S/C14H21N/c1-10-5-4-6-14(12(10)3)15-9-13-8-7-11(13)2/h4-6,11,13,15H,7-9H2,1-3H3/t11-,13-/m0/s1. The highest BCUT2D eigenvalue weighted by atomic mass is 14.9. The summed E-state index contributed by atoms with van der Waals surface area (Å²) in [6.07, 6.45) is 2.82. The fraction of sp³-hybridized carbons (Fsp3) is 0.571. The van der Waals surface area contributed by atoms with Crippen LogP contribution >= 0.6 is 0 Å². The number of anilines is 1. The quantitative estimate of drug-likeness (QED) is 0.788. The molecule has 2 atom stereocenters. The van der Waals surface area contributed by atoms with Crippen LogP contribution in [0.4, 0.5) is 5.69 Å². The van der Waals surface area contributed by atoms with Gasteiger partial charge in [0.25, 0.3) is 0 Å². The van der Waals surface area contributed by atoms with Crippen LogP contribution in [0.15, 0.2) is 18.2 Å². The third-order valence-corrected chi connectivity index (χ3v) is 3.96. The van der Waals surface area contributed by atoms with Crippen LogP contribution in [0.2, 0.25) is 0 Å². The molecule has 0 spiro atoms. The number of aryl methyl sites for hydroxylation is 1. The minimum atomic E-state index is 0.893. The molecule has 15 heavy (non-hydrogen) atoms. The highest BCUT2D eigenvalue weighted by Gasteiger charge is 2.26. The van der Waals surface area contributed by atoms with Gasteiger partial charge in [0.2, 0.25) is 0 Å². The summed E-state index contributed by atoms with van der Waals surface area (Å²) in [4.78, 5) is 0. The molecule has 2 rings (SSSR count). The minimum absolute atomic E-state index is 0.893. The maximum Gasteiger partial charge on any atom is 0.0372 e. The van der Waals surface area contributed by atoms with Gasteiger partial charge >= 0.3 is 0 Å². The Morgan fingerprint density at radius 3 is 2.67 bits per heavy atom. The summed E-state index contributed by atoms with van der Waals surface area (Å²) < 4.78 is 0. The van der Waals surface area contributed by atoms with Gasteiger partial charge in [0, 0.05) is 12.2 Å². The fourth-order valence-corrected chi connectivity index (χ4v) is 2.22. The van der Waals surface area contributed by atoms with Crippen molar-refractivity contribution < 1.29 is 0 Å². The molecule has 1 fully saturated rings. The van der Waals surface area contributed by atoms with E-state index in [1.807, 2.05) is 0 Å². The van der Waals surface area contributed by atoms with Crippen molar-refractivity contribution in [2.24, 2.45) is 11.8 Å². The Hall–Kier alpha value is -0.980. The number of hydrogen-bond donors (Lipinski definition) is 1. The van der Waals surface area contributed by atoms with Crippen LogP contribution in [-0.2, 0) is 0 Å². The summed E-state index contributed by atoms with van der Waals surface area (Å²) in [6.45, 7) is 7.87. The van der Waals surface area contributed by atoms with Gasteiger partial charge in [0.05, 0.1) is 0 Å². The van der Waals surface area contributed by atoms with Gasteiger partial charge in [0.1, 0.15) is 0 Å². The molecule has 0 saturated heterocycles. The zero-order chi connectivity index (χ0) is 10.8. The van der Waals surface area contributed by atoms with E-state index in [1.54, 1.807) is 0 Å². The van der Waals surface area contributed by atoms with Crippen LogP contribution in [0.5, 0.6) is 0 Å². The van der Waals surface area contributed by atoms with Crippen molar-refractivity contribution >= 4 is 5.69 Å². The number of rotatable bonds is 3. The Bertz CT molecular complexity index is 343. The monoisotopic (exact) mass is 203 g/mol. The Kier molecular flexibility index (Phi) is 2.99. The molecule has 1 saturated carbocycles. The van der Waals surface area contributed by atoms with Gasteiger partial charge in [-0.2, -0.15) is 0 Å². The molecule has 0 unspecified atom stereocenters. The average Bonchev–Trinajstić information content (AvgIpc) is 2.22. The van der Waals surface area contributed by atoms with E-state index in [-0.39, 0.29) is 0 Å². The Balaban J connectivity index is 1.96. The topological polar surface area (TPSA) is 12.0 Å². The van der Waals surface area contributed by atoms with Gasteiger partial charge in [-0.05, 0) is 49.3 Å². The van der Waals surface area contributed by atoms with Crippen LogP contribution in [0.1, 0.15) is 30.9 Å². The zero-order valence-corrected chi connectivity index (χ0v) is 10.0. The summed E-state index contributed by atoms with van der Waals surface area (Å²) >= 11 is 0. The van der Waals surface area contributed by atoms with E-state index in [0.29, 0.717) is 0 Å². The van der Waals surface area contributed by atoms with Crippen molar-refractivity contribution in [1.82, 2.24) is 0 Å². The third-order valence-electron chi connectivity index (χ3n) is 3.96. The molecule has 0 bridgehead atoms. The normalized spacial score (nSPS) is 24.7. The summed E-state index contributed by atoms with van der Waals surface area (Å²) in [6, 6.07) is 6.49. The lowest BCUT2D eigenvalue weighted by Crippen LogP contribution is -2.29. The van der Waals surface area contributed by atoms with E-state index in [0.717, 1.165) is 18.4 Å². The van der Waals surface area contributed by atoms with Crippen molar-refractivity contribution in [2.45, 2.75) is 33.6 Å². The fourth-order valence-electron chi connectivity index (χ4n) is 2.22. The predicted molar refractivity (Wildman–Crippen MR) is 66.3 cm³/mol. The van der Waals surface area contributed by atoms with Gasteiger partial charge in [-0.3, -0.25) is 0 Å². The lowest BCUT2D eigenvalue weighted by molar-refractivity contribution is 0.210. The second kappa shape index (κ2) is 4.26. The molecule has 1 N–H and O–H groups in total. The first-order valence-electron chi connectivity index (χ1n) is 5.98. The van der Waals surface area contributed by atoms with Crippen LogP contribution < -0.4 is 5.32 Å². The Morgan fingerprint density at radius 2 is 2.07 bits per heavy atom. The van der Waals surface area contributed by atoms with Crippen molar-refractivity contribution in [2.75, 3.05) is 11.9 Å². The summed E-state index contributed by atoms with van der Waals surface area (Å²) in [5, 5.41) is 3.59. The van der Waals surface area contributed by atoms with Crippen molar-refractivity contribution in [1.29, 1.82) is 0 Å². The average molecular weight is 203 g/mol. The van der Waals surface area contributed by atoms with Gasteiger partial charge < -0.3 is 5.32 Å². The van der Waals surface area contributed by atoms with E-state index in [1.165, 1.54) is 29.7 Å². The molecule has 1 nitrogen and oxygen atoms in total. The van der Waals surface area contributed by atoms with Gasteiger partial charge in [-0.1, -0.05) is 25.5 Å². The van der Waals surface area contributed by atoms with Gasteiger partial charge in [-0.15, -0.1) is 0 Å². The first-order chi connectivity index (χ1) is 7.18. The molecule has 0 amide bonds. The maximum atomic E-state index is 3.59. The first-order valence-corrected chi connectivity index (χ1v) is 5.98. The molecular formula is C14H21N. The van der Waals surface area contributed by atoms with E-state index >= 15 is 0 Å². The number of hydrogen-bond acceptors (Lipinski definition) is 1. The predicted octanol–water partition coefficient (Wildman–Crippen LogP) is 3.76. The van der Waals surface area contributed by atoms with E-state index in [9.17, 15) is 0 Å². The second-order valence-electron chi connectivity index (χ2n) is 4.94. The van der Waals surface area contributed by atoms with Crippen LogP contribution in [0.3, 0.4) is 0 Å². The van der Waals surface area contributed by atoms with Crippen molar-refractivity contribution in [3.63, 3.8) is 0 Å². The van der Waals surface area contributed by atoms with Gasteiger partial charge in [0.15, 0.2) is 0 Å². The maximum absolute atomic E-state index is 3.59. The molecule has 1 heteroatoms. The van der Waals surface area contributed by atoms with Crippen LogP contribution in [-0.4, -0.2) is 6.54 Å². The zero-order valence-electron chi connectivity index (χ0n) is 10.0. The summed E-state index contributed by atoms with van der Waals surface area (Å²) in [5.41, 5.74) is 4.08. The van der Waals surface area contributed by atoms with Crippen molar-refractivity contribution in [3.8, 4) is 0 Å². The molecule has 0 radical (unpaired) electrons.